The second-order valence-electron chi connectivity index (χ2n) is 7.04. The molecule has 0 aliphatic carbocycles. The van der Waals surface area contributed by atoms with Crippen molar-refractivity contribution in [1.29, 1.82) is 0 Å². The van der Waals surface area contributed by atoms with Crippen LogP contribution in [0.3, 0.4) is 0 Å². The van der Waals surface area contributed by atoms with Gasteiger partial charge in [-0.05, 0) is 37.1 Å². The van der Waals surface area contributed by atoms with Crippen molar-refractivity contribution in [1.82, 2.24) is 14.8 Å². The van der Waals surface area contributed by atoms with Crippen molar-refractivity contribution in [3.05, 3.63) is 66.0 Å². The number of benzene rings is 2. The Morgan fingerprint density at radius 3 is 2.45 bits per heavy atom. The van der Waals surface area contributed by atoms with Crippen LogP contribution in [-0.2, 0) is 15.3 Å². The number of aryl methyl sites for hydroxylation is 1. The number of thioether (sulfide) groups is 2. The Labute approximate surface area is 180 Å². The highest BCUT2D eigenvalue weighted by Crippen LogP contribution is 2.27. The second-order valence-corrected chi connectivity index (χ2v) is 9.03. The van der Waals surface area contributed by atoms with E-state index in [9.17, 15) is 4.79 Å². The molecule has 0 radical (unpaired) electrons. The Hall–Kier alpha value is -2.25. The van der Waals surface area contributed by atoms with E-state index in [-0.39, 0.29) is 11.7 Å². The van der Waals surface area contributed by atoms with E-state index >= 15 is 0 Å². The van der Waals surface area contributed by atoms with Gasteiger partial charge in [-0.25, -0.2) is 0 Å². The van der Waals surface area contributed by atoms with E-state index in [1.807, 2.05) is 48.7 Å². The Balaban J connectivity index is 1.74. The average molecular weight is 428 g/mol. The molecule has 3 rings (SSSR count). The molecule has 1 heterocycles. The lowest BCUT2D eigenvalue weighted by Gasteiger charge is -2.10. The van der Waals surface area contributed by atoms with Crippen molar-refractivity contribution in [3.63, 3.8) is 0 Å². The van der Waals surface area contributed by atoms with Crippen molar-refractivity contribution in [2.75, 3.05) is 12.4 Å². The van der Waals surface area contributed by atoms with Gasteiger partial charge < -0.3 is 4.74 Å². The molecule has 2 aromatic carbocycles. The lowest BCUT2D eigenvalue weighted by atomic mass is 10.2. The van der Waals surface area contributed by atoms with Crippen LogP contribution in [0.2, 0.25) is 0 Å². The van der Waals surface area contributed by atoms with E-state index in [4.69, 9.17) is 4.74 Å². The molecular formula is C22H25N3O2S2. The van der Waals surface area contributed by atoms with E-state index in [2.05, 4.69) is 41.4 Å². The summed E-state index contributed by atoms with van der Waals surface area (Å²) in [6.45, 7) is 6.55. The van der Waals surface area contributed by atoms with Gasteiger partial charge in [-0.3, -0.25) is 9.36 Å². The number of hydrogen-bond acceptors (Lipinski definition) is 6. The zero-order chi connectivity index (χ0) is 20.6. The number of carbonyl (C=O) groups is 1. The Kier molecular flexibility index (Phi) is 7.77. The molecular weight excluding hydrogens is 402 g/mol. The quantitative estimate of drug-likeness (QED) is 0.347. The Morgan fingerprint density at radius 1 is 1.03 bits per heavy atom. The van der Waals surface area contributed by atoms with Crippen LogP contribution in [0.5, 0.6) is 0 Å². The first-order chi connectivity index (χ1) is 14.0. The molecule has 0 saturated carbocycles. The van der Waals surface area contributed by atoms with Crippen LogP contribution in [-0.4, -0.2) is 33.1 Å². The van der Waals surface area contributed by atoms with Gasteiger partial charge in [0.05, 0.1) is 18.1 Å². The molecule has 0 atom stereocenters. The van der Waals surface area contributed by atoms with Crippen LogP contribution in [0, 0.1) is 12.8 Å². The van der Waals surface area contributed by atoms with Crippen molar-refractivity contribution in [3.8, 4) is 5.69 Å². The predicted octanol–water partition coefficient (Wildman–Crippen LogP) is 5.16. The van der Waals surface area contributed by atoms with Crippen molar-refractivity contribution in [2.45, 2.75) is 36.6 Å². The summed E-state index contributed by atoms with van der Waals surface area (Å²) in [5.41, 5.74) is 2.22. The second kappa shape index (κ2) is 10.5. The first-order valence-electron chi connectivity index (χ1n) is 9.50. The van der Waals surface area contributed by atoms with E-state index in [1.165, 1.54) is 22.2 Å². The summed E-state index contributed by atoms with van der Waals surface area (Å²) in [7, 11) is 0. The highest BCUT2D eigenvalue weighted by molar-refractivity contribution is 7.99. The first-order valence-corrected chi connectivity index (χ1v) is 11.5. The number of hydrogen-bond donors (Lipinski definition) is 0. The third-order valence-electron chi connectivity index (χ3n) is 4.00. The number of rotatable bonds is 9. The van der Waals surface area contributed by atoms with Crippen molar-refractivity contribution in [2.24, 2.45) is 5.92 Å². The number of carbonyl (C=O) groups excluding carboxylic acids is 1. The molecule has 0 unspecified atom stereocenters. The van der Waals surface area contributed by atoms with E-state index in [1.54, 1.807) is 11.8 Å². The van der Waals surface area contributed by atoms with Gasteiger partial charge in [0, 0.05) is 10.6 Å². The molecule has 3 aromatic rings. The highest BCUT2D eigenvalue weighted by atomic mass is 32.2. The molecule has 0 bridgehead atoms. The minimum Gasteiger partial charge on any atom is -0.465 e. The average Bonchev–Trinajstić information content (AvgIpc) is 3.13. The summed E-state index contributed by atoms with van der Waals surface area (Å²) in [6.07, 6.45) is 0. The standard InChI is InChI=1S/C22H25N3O2S2/c1-16(2)13-27-21(26)15-29-22-24-23-20(25(22)18-7-5-4-6-8-18)14-28-19-11-9-17(3)10-12-19/h4-12,16H,13-15H2,1-3H3. The van der Waals surface area contributed by atoms with Crippen LogP contribution in [0.1, 0.15) is 25.2 Å². The molecule has 0 aliphatic rings. The maximum atomic E-state index is 12.0. The van der Waals surface area contributed by atoms with Gasteiger partial charge in [-0.1, -0.05) is 61.5 Å². The number of nitrogens with zero attached hydrogens (tertiary/aromatic N) is 3. The van der Waals surface area contributed by atoms with E-state index in [0.29, 0.717) is 23.4 Å². The number of para-hydroxylation sites is 1. The lowest BCUT2D eigenvalue weighted by molar-refractivity contribution is -0.141. The minimum atomic E-state index is -0.234. The molecule has 7 heteroatoms. The molecule has 1 aromatic heterocycles. The monoisotopic (exact) mass is 427 g/mol. The largest absolute Gasteiger partial charge is 0.465 e. The summed E-state index contributed by atoms with van der Waals surface area (Å²) in [6, 6.07) is 18.4. The summed E-state index contributed by atoms with van der Waals surface area (Å²) >= 11 is 3.07. The molecule has 152 valence electrons. The third-order valence-corrected chi connectivity index (χ3v) is 5.91. The predicted molar refractivity (Wildman–Crippen MR) is 119 cm³/mol. The molecule has 5 nitrogen and oxygen atoms in total. The third kappa shape index (κ3) is 6.37. The molecule has 0 N–H and O–H groups in total. The van der Waals surface area contributed by atoms with Crippen LogP contribution in [0.15, 0.2) is 64.6 Å². The fourth-order valence-corrected chi connectivity index (χ4v) is 4.11. The summed E-state index contributed by atoms with van der Waals surface area (Å²) < 4.78 is 7.29. The molecule has 0 saturated heterocycles. The fourth-order valence-electron chi connectivity index (χ4n) is 2.53. The molecule has 0 fully saturated rings. The van der Waals surface area contributed by atoms with Gasteiger partial charge in [0.1, 0.15) is 5.82 Å². The number of aromatic nitrogens is 3. The summed E-state index contributed by atoms with van der Waals surface area (Å²) in [5, 5.41) is 9.43. The Morgan fingerprint density at radius 2 is 1.76 bits per heavy atom. The molecule has 0 spiro atoms. The normalized spacial score (nSPS) is 11.0. The Bertz CT molecular complexity index is 925. The van der Waals surface area contributed by atoms with Crippen molar-refractivity contribution < 1.29 is 9.53 Å². The SMILES string of the molecule is Cc1ccc(SCc2nnc(SCC(=O)OCC(C)C)n2-c2ccccc2)cc1. The van der Waals surface area contributed by atoms with Gasteiger partial charge in [0.25, 0.3) is 0 Å². The van der Waals surface area contributed by atoms with Gasteiger partial charge in [0.15, 0.2) is 5.16 Å². The first kappa shape index (κ1) is 21.5. The van der Waals surface area contributed by atoms with Crippen LogP contribution in [0.4, 0.5) is 0 Å². The smallest absolute Gasteiger partial charge is 0.316 e. The summed E-state index contributed by atoms with van der Waals surface area (Å²) in [4.78, 5) is 13.2. The number of ether oxygens (including phenoxy) is 1. The highest BCUT2D eigenvalue weighted by Gasteiger charge is 2.16. The van der Waals surface area contributed by atoms with Gasteiger partial charge >= 0.3 is 5.97 Å². The van der Waals surface area contributed by atoms with E-state index in [0.717, 1.165) is 11.5 Å². The van der Waals surface area contributed by atoms with Crippen LogP contribution < -0.4 is 0 Å². The topological polar surface area (TPSA) is 57.0 Å². The zero-order valence-electron chi connectivity index (χ0n) is 16.9. The number of esters is 1. The van der Waals surface area contributed by atoms with Crippen LogP contribution in [0.25, 0.3) is 5.69 Å². The molecule has 0 amide bonds. The van der Waals surface area contributed by atoms with E-state index < -0.39 is 0 Å². The minimum absolute atomic E-state index is 0.211. The maximum absolute atomic E-state index is 12.0. The van der Waals surface area contributed by atoms with Crippen LogP contribution >= 0.6 is 23.5 Å². The van der Waals surface area contributed by atoms with Crippen molar-refractivity contribution >= 4 is 29.5 Å². The van der Waals surface area contributed by atoms with Gasteiger partial charge in [-0.2, -0.15) is 0 Å². The fraction of sp³-hybridized carbons (Fsp3) is 0.318. The van der Waals surface area contributed by atoms with Gasteiger partial charge in [-0.15, -0.1) is 22.0 Å². The summed E-state index contributed by atoms with van der Waals surface area (Å²) in [5.74, 6) is 1.83. The van der Waals surface area contributed by atoms with Gasteiger partial charge in [0.2, 0.25) is 0 Å². The molecule has 0 aliphatic heterocycles. The molecule has 29 heavy (non-hydrogen) atoms. The zero-order valence-corrected chi connectivity index (χ0v) is 18.5. The lowest BCUT2D eigenvalue weighted by Crippen LogP contribution is -2.12. The maximum Gasteiger partial charge on any atom is 0.316 e.